The molecule has 0 aromatic heterocycles. The lowest BCUT2D eigenvalue weighted by Gasteiger charge is -2.28. The van der Waals surface area contributed by atoms with Gasteiger partial charge in [0.15, 0.2) is 0 Å². The van der Waals surface area contributed by atoms with Crippen molar-refractivity contribution in [1.29, 1.82) is 0 Å². The first-order chi connectivity index (χ1) is 11.9. The predicted molar refractivity (Wildman–Crippen MR) is 95.4 cm³/mol. The summed E-state index contributed by atoms with van der Waals surface area (Å²) < 4.78 is 11.3. The lowest BCUT2D eigenvalue weighted by molar-refractivity contribution is 0.103. The summed E-state index contributed by atoms with van der Waals surface area (Å²) in [5.74, 6) is 0.537. The molecule has 132 valence electrons. The van der Waals surface area contributed by atoms with Gasteiger partial charge in [0.05, 0.1) is 26.4 Å². The normalized spacial score (nSPS) is 25.3. The topological polar surface area (TPSA) is 24.9 Å². The van der Waals surface area contributed by atoms with Crippen LogP contribution >= 0.6 is 0 Å². The molecule has 2 saturated heterocycles. The van der Waals surface area contributed by atoms with Crippen LogP contribution in [0.15, 0.2) is 24.3 Å². The maximum atomic E-state index is 5.66. The third kappa shape index (κ3) is 3.99. The van der Waals surface area contributed by atoms with E-state index in [-0.39, 0.29) is 0 Å². The standard InChI is InChI=1S/C20H30N2O2/c1-2-5-19-13-20(12-18(19)4-1)22-7-3-6-21(8-9-22)14-17-15-23-10-11-24-16-17/h1-2,4-5,17,20H,3,6-16H2. The third-order valence-electron chi connectivity index (χ3n) is 5.76. The average Bonchev–Trinajstić information content (AvgIpc) is 2.76. The molecule has 3 aliphatic rings. The molecule has 2 heterocycles. The molecule has 0 atom stereocenters. The summed E-state index contributed by atoms with van der Waals surface area (Å²) in [6, 6.07) is 9.70. The van der Waals surface area contributed by atoms with Crippen molar-refractivity contribution in [1.82, 2.24) is 9.80 Å². The smallest absolute Gasteiger partial charge is 0.0700 e. The zero-order chi connectivity index (χ0) is 16.2. The highest BCUT2D eigenvalue weighted by molar-refractivity contribution is 5.33. The predicted octanol–water partition coefficient (Wildman–Crippen LogP) is 1.82. The Morgan fingerprint density at radius 2 is 1.58 bits per heavy atom. The summed E-state index contributed by atoms with van der Waals surface area (Å²) in [5.41, 5.74) is 3.13. The number of hydrogen-bond donors (Lipinski definition) is 0. The van der Waals surface area contributed by atoms with Gasteiger partial charge in [0.2, 0.25) is 0 Å². The SMILES string of the molecule is c1ccc2c(c1)CC(N1CCCN(CC3COCCOC3)CC1)C2. The third-order valence-corrected chi connectivity index (χ3v) is 5.76. The fourth-order valence-electron chi connectivity index (χ4n) is 4.47. The van der Waals surface area contributed by atoms with Gasteiger partial charge in [0.25, 0.3) is 0 Å². The Balaban J connectivity index is 1.29. The molecule has 1 aromatic rings. The number of nitrogens with zero attached hydrogens (tertiary/aromatic N) is 2. The van der Waals surface area contributed by atoms with Gasteiger partial charge in [-0.1, -0.05) is 24.3 Å². The molecule has 4 heteroatoms. The zero-order valence-corrected chi connectivity index (χ0v) is 14.7. The van der Waals surface area contributed by atoms with Crippen LogP contribution in [0.25, 0.3) is 0 Å². The van der Waals surface area contributed by atoms with Crippen molar-refractivity contribution >= 4 is 0 Å². The molecule has 2 aliphatic heterocycles. The summed E-state index contributed by atoms with van der Waals surface area (Å²) in [5, 5.41) is 0. The van der Waals surface area contributed by atoms with Crippen molar-refractivity contribution in [3.05, 3.63) is 35.4 Å². The Morgan fingerprint density at radius 1 is 0.875 bits per heavy atom. The van der Waals surface area contributed by atoms with E-state index in [9.17, 15) is 0 Å². The first-order valence-corrected chi connectivity index (χ1v) is 9.57. The first kappa shape index (κ1) is 16.5. The van der Waals surface area contributed by atoms with E-state index in [1.807, 2.05) is 0 Å². The fourth-order valence-corrected chi connectivity index (χ4v) is 4.47. The maximum absolute atomic E-state index is 5.66. The molecule has 0 amide bonds. The molecular weight excluding hydrogens is 300 g/mol. The maximum Gasteiger partial charge on any atom is 0.0700 e. The highest BCUT2D eigenvalue weighted by atomic mass is 16.5. The fraction of sp³-hybridized carbons (Fsp3) is 0.700. The molecule has 0 N–H and O–H groups in total. The second-order valence-electron chi connectivity index (χ2n) is 7.54. The van der Waals surface area contributed by atoms with Crippen molar-refractivity contribution in [2.24, 2.45) is 5.92 Å². The Morgan fingerprint density at radius 3 is 2.29 bits per heavy atom. The van der Waals surface area contributed by atoms with Gasteiger partial charge in [-0.25, -0.2) is 0 Å². The number of ether oxygens (including phenoxy) is 2. The Hall–Kier alpha value is -0.940. The number of rotatable bonds is 3. The average molecular weight is 330 g/mol. The molecule has 1 aliphatic carbocycles. The molecule has 1 aromatic carbocycles. The molecular formula is C20H30N2O2. The second kappa shape index (κ2) is 7.96. The van der Waals surface area contributed by atoms with Crippen LogP contribution in [0, 0.1) is 5.92 Å². The molecule has 0 radical (unpaired) electrons. The number of benzene rings is 1. The van der Waals surface area contributed by atoms with Crippen LogP contribution in [-0.2, 0) is 22.3 Å². The van der Waals surface area contributed by atoms with E-state index in [4.69, 9.17) is 9.47 Å². The molecule has 0 spiro atoms. The van der Waals surface area contributed by atoms with Gasteiger partial charge < -0.3 is 14.4 Å². The number of hydrogen-bond acceptors (Lipinski definition) is 4. The van der Waals surface area contributed by atoms with Gasteiger partial charge in [-0.15, -0.1) is 0 Å². The van der Waals surface area contributed by atoms with E-state index >= 15 is 0 Å². The lowest BCUT2D eigenvalue weighted by atomic mass is 10.1. The highest BCUT2D eigenvalue weighted by Gasteiger charge is 2.28. The van der Waals surface area contributed by atoms with Gasteiger partial charge >= 0.3 is 0 Å². The Labute approximate surface area is 145 Å². The molecule has 0 bridgehead atoms. The summed E-state index contributed by atoms with van der Waals surface area (Å²) in [6.45, 7) is 9.20. The number of fused-ring (bicyclic) bond motifs is 1. The molecule has 4 nitrogen and oxygen atoms in total. The molecule has 4 rings (SSSR count). The van der Waals surface area contributed by atoms with E-state index in [0.29, 0.717) is 12.0 Å². The summed E-state index contributed by atoms with van der Waals surface area (Å²) in [7, 11) is 0. The monoisotopic (exact) mass is 330 g/mol. The molecule has 2 fully saturated rings. The van der Waals surface area contributed by atoms with Crippen LogP contribution in [0.5, 0.6) is 0 Å². The van der Waals surface area contributed by atoms with Crippen molar-refractivity contribution in [2.75, 3.05) is 59.2 Å². The van der Waals surface area contributed by atoms with E-state index in [2.05, 4.69) is 34.1 Å². The highest BCUT2D eigenvalue weighted by Crippen LogP contribution is 2.26. The van der Waals surface area contributed by atoms with Crippen LogP contribution < -0.4 is 0 Å². The van der Waals surface area contributed by atoms with Crippen LogP contribution in [0.1, 0.15) is 17.5 Å². The van der Waals surface area contributed by atoms with Gasteiger partial charge in [-0.05, 0) is 43.5 Å². The van der Waals surface area contributed by atoms with E-state index in [1.165, 1.54) is 45.4 Å². The van der Waals surface area contributed by atoms with E-state index in [0.717, 1.165) is 33.0 Å². The second-order valence-corrected chi connectivity index (χ2v) is 7.54. The van der Waals surface area contributed by atoms with Crippen molar-refractivity contribution < 1.29 is 9.47 Å². The van der Waals surface area contributed by atoms with E-state index < -0.39 is 0 Å². The zero-order valence-electron chi connectivity index (χ0n) is 14.7. The molecule has 0 unspecified atom stereocenters. The van der Waals surface area contributed by atoms with Crippen LogP contribution in [0.2, 0.25) is 0 Å². The van der Waals surface area contributed by atoms with Gasteiger partial charge in [-0.3, -0.25) is 4.90 Å². The van der Waals surface area contributed by atoms with Crippen molar-refractivity contribution in [2.45, 2.75) is 25.3 Å². The van der Waals surface area contributed by atoms with Crippen LogP contribution in [0.3, 0.4) is 0 Å². The van der Waals surface area contributed by atoms with E-state index in [1.54, 1.807) is 11.1 Å². The van der Waals surface area contributed by atoms with Crippen LogP contribution in [-0.4, -0.2) is 75.0 Å². The van der Waals surface area contributed by atoms with Crippen molar-refractivity contribution in [3.63, 3.8) is 0 Å². The summed E-state index contributed by atoms with van der Waals surface area (Å²) in [6.07, 6.45) is 3.75. The summed E-state index contributed by atoms with van der Waals surface area (Å²) in [4.78, 5) is 5.37. The Bertz CT molecular complexity index is 503. The minimum atomic E-state index is 0.537. The largest absolute Gasteiger partial charge is 0.379 e. The van der Waals surface area contributed by atoms with Crippen molar-refractivity contribution in [3.8, 4) is 0 Å². The molecule has 24 heavy (non-hydrogen) atoms. The quantitative estimate of drug-likeness (QED) is 0.844. The summed E-state index contributed by atoms with van der Waals surface area (Å²) >= 11 is 0. The molecule has 0 saturated carbocycles. The first-order valence-electron chi connectivity index (χ1n) is 9.57. The van der Waals surface area contributed by atoms with Gasteiger partial charge in [0, 0.05) is 31.6 Å². The lowest BCUT2D eigenvalue weighted by Crippen LogP contribution is -2.40. The Kier molecular flexibility index (Phi) is 5.48. The minimum absolute atomic E-state index is 0.537. The van der Waals surface area contributed by atoms with Gasteiger partial charge in [-0.2, -0.15) is 0 Å². The van der Waals surface area contributed by atoms with Gasteiger partial charge in [0.1, 0.15) is 0 Å². The minimum Gasteiger partial charge on any atom is -0.379 e. The van der Waals surface area contributed by atoms with Crippen LogP contribution in [0.4, 0.5) is 0 Å².